The topological polar surface area (TPSA) is 53.1 Å². The molecule has 3 nitrogen and oxygen atoms in total. The van der Waals surface area contributed by atoms with Crippen LogP contribution in [-0.4, -0.2) is 18.4 Å². The first-order chi connectivity index (χ1) is 9.00. The Bertz CT molecular complexity index is 466. The number of nitrogen functional groups attached to an aromatic ring is 1. The predicted molar refractivity (Wildman–Crippen MR) is 82.3 cm³/mol. The van der Waals surface area contributed by atoms with Gasteiger partial charge in [-0.1, -0.05) is 31.5 Å². The third kappa shape index (κ3) is 3.41. The Morgan fingerprint density at radius 1 is 1.47 bits per heavy atom. The maximum atomic E-state index is 7.76. The predicted octanol–water partition coefficient (Wildman–Crippen LogP) is 3.64. The van der Waals surface area contributed by atoms with E-state index < -0.39 is 0 Å². The van der Waals surface area contributed by atoms with Gasteiger partial charge in [0.1, 0.15) is 5.84 Å². The lowest BCUT2D eigenvalue weighted by atomic mass is 10.1. The standard InChI is InChI=1S/C15H22ClN3/c1-10(2)8-9-19(11-6-7-11)13-5-3-4-12(16)14(13)15(17)18/h3-5,10-11H,6-9H2,1-2H3,(H3,17,18). The van der Waals surface area contributed by atoms with Gasteiger partial charge in [0.05, 0.1) is 10.6 Å². The summed E-state index contributed by atoms with van der Waals surface area (Å²) in [4.78, 5) is 2.38. The number of hydrogen-bond acceptors (Lipinski definition) is 2. The number of nitrogens with two attached hydrogens (primary N) is 1. The molecule has 1 saturated carbocycles. The summed E-state index contributed by atoms with van der Waals surface area (Å²) >= 11 is 6.21. The smallest absolute Gasteiger partial charge is 0.126 e. The molecule has 0 spiro atoms. The average Bonchev–Trinajstić information content (AvgIpc) is 3.12. The minimum absolute atomic E-state index is 0.0517. The molecule has 4 heteroatoms. The van der Waals surface area contributed by atoms with Crippen LogP contribution in [0.25, 0.3) is 0 Å². The number of rotatable bonds is 6. The van der Waals surface area contributed by atoms with Crippen LogP contribution in [0.2, 0.25) is 5.02 Å². The molecule has 0 aromatic heterocycles. The molecule has 1 aliphatic rings. The van der Waals surface area contributed by atoms with E-state index in [2.05, 4.69) is 18.7 Å². The minimum atomic E-state index is 0.0517. The van der Waals surface area contributed by atoms with Crippen molar-refractivity contribution in [2.75, 3.05) is 11.4 Å². The van der Waals surface area contributed by atoms with Gasteiger partial charge in [-0.05, 0) is 37.3 Å². The molecule has 104 valence electrons. The molecule has 1 aliphatic carbocycles. The van der Waals surface area contributed by atoms with Gasteiger partial charge in [0.15, 0.2) is 0 Å². The second-order valence-electron chi connectivity index (χ2n) is 5.65. The number of halogens is 1. The van der Waals surface area contributed by atoms with Gasteiger partial charge in [0.2, 0.25) is 0 Å². The Hall–Kier alpha value is -1.22. The minimum Gasteiger partial charge on any atom is -0.384 e. The second kappa shape index (κ2) is 5.83. The first-order valence-electron chi connectivity index (χ1n) is 6.90. The van der Waals surface area contributed by atoms with E-state index in [1.165, 1.54) is 12.8 Å². The molecule has 19 heavy (non-hydrogen) atoms. The molecule has 0 bridgehead atoms. The molecular weight excluding hydrogens is 258 g/mol. The van der Waals surface area contributed by atoms with Gasteiger partial charge >= 0.3 is 0 Å². The number of anilines is 1. The quantitative estimate of drug-likeness (QED) is 0.617. The largest absolute Gasteiger partial charge is 0.384 e. The molecule has 3 N–H and O–H groups in total. The molecule has 0 aliphatic heterocycles. The van der Waals surface area contributed by atoms with Crippen LogP contribution in [-0.2, 0) is 0 Å². The van der Waals surface area contributed by atoms with Crippen LogP contribution >= 0.6 is 11.6 Å². The van der Waals surface area contributed by atoms with Crippen molar-refractivity contribution in [3.8, 4) is 0 Å². The maximum Gasteiger partial charge on any atom is 0.126 e. The highest BCUT2D eigenvalue weighted by molar-refractivity contribution is 6.34. The average molecular weight is 280 g/mol. The van der Waals surface area contributed by atoms with Gasteiger partial charge in [-0.3, -0.25) is 5.41 Å². The Morgan fingerprint density at radius 2 is 2.16 bits per heavy atom. The van der Waals surface area contributed by atoms with Crippen LogP contribution in [0.3, 0.4) is 0 Å². The molecule has 1 aromatic rings. The van der Waals surface area contributed by atoms with Crippen molar-refractivity contribution in [2.24, 2.45) is 11.7 Å². The molecule has 0 amide bonds. The fraction of sp³-hybridized carbons (Fsp3) is 0.533. The fourth-order valence-electron chi connectivity index (χ4n) is 2.30. The zero-order valence-corrected chi connectivity index (χ0v) is 12.4. The summed E-state index contributed by atoms with van der Waals surface area (Å²) in [5, 5.41) is 8.32. The summed E-state index contributed by atoms with van der Waals surface area (Å²) in [6.45, 7) is 5.47. The third-order valence-electron chi connectivity index (χ3n) is 3.51. The lowest BCUT2D eigenvalue weighted by molar-refractivity contribution is 0.570. The van der Waals surface area contributed by atoms with Crippen LogP contribution in [0.4, 0.5) is 5.69 Å². The van der Waals surface area contributed by atoms with Crippen LogP contribution < -0.4 is 10.6 Å². The summed E-state index contributed by atoms with van der Waals surface area (Å²) in [6.07, 6.45) is 3.59. The van der Waals surface area contributed by atoms with E-state index in [1.807, 2.05) is 12.1 Å². The van der Waals surface area contributed by atoms with E-state index >= 15 is 0 Å². The lowest BCUT2D eigenvalue weighted by Crippen LogP contribution is -2.30. The SMILES string of the molecule is CC(C)CCN(c1cccc(Cl)c1C(=N)N)C1CC1. The molecule has 0 unspecified atom stereocenters. The first-order valence-corrected chi connectivity index (χ1v) is 7.28. The zero-order chi connectivity index (χ0) is 14.0. The van der Waals surface area contributed by atoms with Gasteiger partial charge in [0.25, 0.3) is 0 Å². The Labute approximate surface area is 120 Å². The first kappa shape index (κ1) is 14.2. The highest BCUT2D eigenvalue weighted by Crippen LogP contribution is 2.36. The van der Waals surface area contributed by atoms with Crippen molar-refractivity contribution in [2.45, 2.75) is 39.2 Å². The van der Waals surface area contributed by atoms with Crippen molar-refractivity contribution in [3.05, 3.63) is 28.8 Å². The maximum absolute atomic E-state index is 7.76. The number of hydrogen-bond donors (Lipinski definition) is 2. The lowest BCUT2D eigenvalue weighted by Gasteiger charge is -2.28. The van der Waals surface area contributed by atoms with E-state index in [4.69, 9.17) is 22.7 Å². The van der Waals surface area contributed by atoms with Gasteiger partial charge in [-0.25, -0.2) is 0 Å². The number of benzene rings is 1. The summed E-state index contributed by atoms with van der Waals surface area (Å²) in [5.41, 5.74) is 7.40. The molecular formula is C15H22ClN3. The zero-order valence-electron chi connectivity index (χ0n) is 11.6. The van der Waals surface area contributed by atoms with E-state index in [0.29, 0.717) is 22.5 Å². The molecule has 1 aromatic carbocycles. The number of amidine groups is 1. The van der Waals surface area contributed by atoms with Crippen molar-refractivity contribution in [1.29, 1.82) is 5.41 Å². The Kier molecular flexibility index (Phi) is 4.35. The van der Waals surface area contributed by atoms with Crippen LogP contribution in [0.15, 0.2) is 18.2 Å². The van der Waals surface area contributed by atoms with E-state index in [-0.39, 0.29) is 5.84 Å². The van der Waals surface area contributed by atoms with Gasteiger partial charge in [-0.2, -0.15) is 0 Å². The summed E-state index contributed by atoms with van der Waals surface area (Å²) < 4.78 is 0. The molecule has 2 rings (SSSR count). The van der Waals surface area contributed by atoms with E-state index in [0.717, 1.165) is 18.7 Å². The normalized spacial score (nSPS) is 14.7. The van der Waals surface area contributed by atoms with Crippen molar-refractivity contribution in [3.63, 3.8) is 0 Å². The molecule has 0 heterocycles. The molecule has 0 atom stereocenters. The van der Waals surface area contributed by atoms with Crippen LogP contribution in [0.1, 0.15) is 38.7 Å². The number of nitrogens with one attached hydrogen (secondary N) is 1. The molecule has 1 fully saturated rings. The van der Waals surface area contributed by atoms with Crippen LogP contribution in [0.5, 0.6) is 0 Å². The monoisotopic (exact) mass is 279 g/mol. The van der Waals surface area contributed by atoms with E-state index in [9.17, 15) is 0 Å². The van der Waals surface area contributed by atoms with E-state index in [1.54, 1.807) is 6.07 Å². The summed E-state index contributed by atoms with van der Waals surface area (Å²) in [5.74, 6) is 0.719. The fourth-order valence-corrected chi connectivity index (χ4v) is 2.57. The Balaban J connectivity index is 2.31. The summed E-state index contributed by atoms with van der Waals surface area (Å²) in [7, 11) is 0. The van der Waals surface area contributed by atoms with Gasteiger partial charge < -0.3 is 10.6 Å². The summed E-state index contributed by atoms with van der Waals surface area (Å²) in [6, 6.07) is 6.36. The highest BCUT2D eigenvalue weighted by Gasteiger charge is 2.31. The second-order valence-corrected chi connectivity index (χ2v) is 6.06. The van der Waals surface area contributed by atoms with Crippen LogP contribution in [0, 0.1) is 11.3 Å². The third-order valence-corrected chi connectivity index (χ3v) is 3.82. The van der Waals surface area contributed by atoms with Gasteiger partial charge in [-0.15, -0.1) is 0 Å². The highest BCUT2D eigenvalue weighted by atomic mass is 35.5. The van der Waals surface area contributed by atoms with Crippen molar-refractivity contribution >= 4 is 23.1 Å². The van der Waals surface area contributed by atoms with Crippen molar-refractivity contribution in [1.82, 2.24) is 0 Å². The molecule has 0 radical (unpaired) electrons. The Morgan fingerprint density at radius 3 is 2.68 bits per heavy atom. The van der Waals surface area contributed by atoms with Gasteiger partial charge in [0, 0.05) is 18.3 Å². The molecule has 0 saturated heterocycles. The van der Waals surface area contributed by atoms with Crippen molar-refractivity contribution < 1.29 is 0 Å². The number of nitrogens with zero attached hydrogens (tertiary/aromatic N) is 1.